The first-order valence-corrected chi connectivity index (χ1v) is 14.3. The van der Waals surface area contributed by atoms with Crippen molar-refractivity contribution in [3.8, 4) is 11.3 Å². The number of rotatable bonds is 8. The van der Waals surface area contributed by atoms with Crippen LogP contribution in [0.1, 0.15) is 74.1 Å². The van der Waals surface area contributed by atoms with Crippen LogP contribution >= 0.6 is 23.2 Å². The minimum atomic E-state index is -0.137. The van der Waals surface area contributed by atoms with Gasteiger partial charge >= 0.3 is 0 Å². The molecule has 2 saturated carbocycles. The first-order chi connectivity index (χ1) is 18.0. The highest BCUT2D eigenvalue weighted by molar-refractivity contribution is 6.31. The van der Waals surface area contributed by atoms with Crippen molar-refractivity contribution >= 4 is 29.1 Å². The molecule has 5 rings (SSSR count). The van der Waals surface area contributed by atoms with Gasteiger partial charge in [-0.15, -0.1) is 0 Å². The number of nitrogens with one attached hydrogen (secondary N) is 1. The average molecular weight is 555 g/mol. The Labute approximate surface area is 235 Å². The summed E-state index contributed by atoms with van der Waals surface area (Å²) in [6, 6.07) is 13.8. The summed E-state index contributed by atoms with van der Waals surface area (Å²) in [5.74, 6) is 0.497. The van der Waals surface area contributed by atoms with Crippen molar-refractivity contribution in [3.05, 3.63) is 74.9 Å². The van der Waals surface area contributed by atoms with Gasteiger partial charge in [0.2, 0.25) is 0 Å². The molecule has 1 aromatic heterocycles. The van der Waals surface area contributed by atoms with Crippen LogP contribution < -0.4 is 5.32 Å². The third kappa shape index (κ3) is 4.89. The van der Waals surface area contributed by atoms with Crippen LogP contribution in [0.5, 0.6) is 0 Å². The van der Waals surface area contributed by atoms with Crippen molar-refractivity contribution in [2.24, 2.45) is 16.7 Å². The van der Waals surface area contributed by atoms with Crippen molar-refractivity contribution in [3.63, 3.8) is 0 Å². The SMILES string of the molecule is CCOCc1c(C(=O)NC2C(C)(C)C3CC[C@@]2(C)C3)nn(Cc2ccc(C)c(Cl)c2)c1-c1ccc(Cl)cc1. The molecule has 0 spiro atoms. The lowest BCUT2D eigenvalue weighted by Crippen LogP contribution is -2.52. The van der Waals surface area contributed by atoms with Crippen LogP contribution in [0.15, 0.2) is 42.5 Å². The highest BCUT2D eigenvalue weighted by Crippen LogP contribution is 2.62. The molecule has 0 aliphatic heterocycles. The van der Waals surface area contributed by atoms with Crippen molar-refractivity contribution in [2.75, 3.05) is 6.61 Å². The fraction of sp³-hybridized carbons (Fsp3) is 0.484. The second-order valence-corrected chi connectivity index (χ2v) is 12.7. The summed E-state index contributed by atoms with van der Waals surface area (Å²) in [5, 5.41) is 9.74. The molecule has 2 aliphatic carbocycles. The minimum Gasteiger partial charge on any atom is -0.377 e. The van der Waals surface area contributed by atoms with Gasteiger partial charge in [-0.05, 0) is 79.2 Å². The van der Waals surface area contributed by atoms with Crippen LogP contribution in [0.25, 0.3) is 11.3 Å². The number of amides is 1. The number of benzene rings is 2. The van der Waals surface area contributed by atoms with Crippen molar-refractivity contribution < 1.29 is 9.53 Å². The average Bonchev–Trinajstić information content (AvgIpc) is 3.50. The van der Waals surface area contributed by atoms with Crippen LogP contribution in [-0.2, 0) is 17.9 Å². The Kier molecular flexibility index (Phi) is 7.40. The molecular weight excluding hydrogens is 517 g/mol. The molecule has 1 heterocycles. The van der Waals surface area contributed by atoms with E-state index < -0.39 is 0 Å². The molecule has 38 heavy (non-hydrogen) atoms. The van der Waals surface area contributed by atoms with Crippen molar-refractivity contribution in [1.82, 2.24) is 15.1 Å². The lowest BCUT2D eigenvalue weighted by molar-refractivity contribution is 0.0726. The molecule has 0 radical (unpaired) electrons. The number of carbonyl (C=O) groups excluding carboxylic acids is 1. The van der Waals surface area contributed by atoms with Gasteiger partial charge in [0.25, 0.3) is 5.91 Å². The Morgan fingerprint density at radius 2 is 1.89 bits per heavy atom. The highest BCUT2D eigenvalue weighted by Gasteiger charge is 2.59. The molecule has 7 heteroatoms. The molecule has 3 atom stereocenters. The molecule has 2 fully saturated rings. The number of aromatic nitrogens is 2. The minimum absolute atomic E-state index is 0.0446. The molecule has 1 N–H and O–H groups in total. The number of nitrogens with zero attached hydrogens (tertiary/aromatic N) is 2. The summed E-state index contributed by atoms with van der Waals surface area (Å²) < 4.78 is 7.80. The number of hydrogen-bond donors (Lipinski definition) is 1. The predicted molar refractivity (Wildman–Crippen MR) is 154 cm³/mol. The summed E-state index contributed by atoms with van der Waals surface area (Å²) in [4.78, 5) is 14.0. The largest absolute Gasteiger partial charge is 0.377 e. The van der Waals surface area contributed by atoms with Gasteiger partial charge in [-0.3, -0.25) is 9.48 Å². The van der Waals surface area contributed by atoms with E-state index in [-0.39, 0.29) is 22.8 Å². The quantitative estimate of drug-likeness (QED) is 0.311. The van der Waals surface area contributed by atoms with Gasteiger partial charge < -0.3 is 10.1 Å². The van der Waals surface area contributed by atoms with E-state index in [1.165, 1.54) is 6.42 Å². The standard InChI is InChI=1S/C31H37Cl2N3O2/c1-6-38-18-24-26(28(37)34-29-30(3,4)22-13-14-31(29,5)16-22)35-36(17-20-8-7-19(2)25(33)15-20)27(24)21-9-11-23(32)12-10-21/h7-12,15,22,29H,6,13-14,16-18H2,1-5H3,(H,34,37)/t22?,29?,31-/m0/s1. The Morgan fingerprint density at radius 1 is 1.16 bits per heavy atom. The van der Waals surface area contributed by atoms with Gasteiger partial charge in [0, 0.05) is 33.8 Å². The van der Waals surface area contributed by atoms with E-state index in [1.54, 1.807) is 0 Å². The lowest BCUT2D eigenvalue weighted by Gasteiger charge is -2.43. The van der Waals surface area contributed by atoms with Crippen LogP contribution in [0.3, 0.4) is 0 Å². The first-order valence-electron chi connectivity index (χ1n) is 13.5. The number of carbonyl (C=O) groups is 1. The molecule has 202 valence electrons. The predicted octanol–water partition coefficient (Wildman–Crippen LogP) is 7.69. The lowest BCUT2D eigenvalue weighted by atomic mass is 9.68. The van der Waals surface area contributed by atoms with Gasteiger partial charge in [-0.2, -0.15) is 5.10 Å². The van der Waals surface area contributed by atoms with Gasteiger partial charge in [0.05, 0.1) is 18.8 Å². The Balaban J connectivity index is 1.58. The molecular formula is C31H37Cl2N3O2. The van der Waals surface area contributed by atoms with E-state index in [1.807, 2.05) is 54.9 Å². The molecule has 2 aromatic carbocycles. The number of aryl methyl sites for hydroxylation is 1. The summed E-state index contributed by atoms with van der Waals surface area (Å²) in [5.41, 5.74) is 5.19. The highest BCUT2D eigenvalue weighted by atomic mass is 35.5. The third-order valence-electron chi connectivity index (χ3n) is 8.95. The van der Waals surface area contributed by atoms with E-state index in [0.29, 0.717) is 41.4 Å². The number of hydrogen-bond acceptors (Lipinski definition) is 3. The molecule has 1 amide bonds. The Morgan fingerprint density at radius 3 is 2.53 bits per heavy atom. The van der Waals surface area contributed by atoms with Crippen molar-refractivity contribution in [1.29, 1.82) is 0 Å². The molecule has 0 saturated heterocycles. The summed E-state index contributed by atoms with van der Waals surface area (Å²) in [7, 11) is 0. The third-order valence-corrected chi connectivity index (χ3v) is 9.61. The summed E-state index contributed by atoms with van der Waals surface area (Å²) >= 11 is 12.7. The van der Waals surface area contributed by atoms with Crippen molar-refractivity contribution in [2.45, 2.75) is 73.1 Å². The molecule has 5 nitrogen and oxygen atoms in total. The fourth-order valence-electron chi connectivity index (χ4n) is 6.84. The second-order valence-electron chi connectivity index (χ2n) is 11.9. The maximum Gasteiger partial charge on any atom is 0.272 e. The zero-order chi connectivity index (χ0) is 27.2. The van der Waals surface area contributed by atoms with Gasteiger partial charge in [-0.25, -0.2) is 0 Å². The second kappa shape index (κ2) is 10.3. The number of ether oxygens (including phenoxy) is 1. The zero-order valence-electron chi connectivity index (χ0n) is 22.9. The van der Waals surface area contributed by atoms with E-state index >= 15 is 0 Å². The first kappa shape index (κ1) is 27.2. The van der Waals surface area contributed by atoms with Gasteiger partial charge in [0.1, 0.15) is 0 Å². The monoisotopic (exact) mass is 553 g/mol. The maximum atomic E-state index is 14.0. The summed E-state index contributed by atoms with van der Waals surface area (Å²) in [6.07, 6.45) is 3.55. The molecule has 2 bridgehead atoms. The van der Waals surface area contributed by atoms with E-state index in [0.717, 1.165) is 40.8 Å². The van der Waals surface area contributed by atoms with E-state index in [2.05, 4.69) is 32.2 Å². The summed E-state index contributed by atoms with van der Waals surface area (Å²) in [6.45, 7) is 12.2. The molecule has 2 unspecified atom stereocenters. The topological polar surface area (TPSA) is 56.1 Å². The van der Waals surface area contributed by atoms with Gasteiger partial charge in [0.15, 0.2) is 5.69 Å². The zero-order valence-corrected chi connectivity index (χ0v) is 24.4. The normalized spacial score (nSPS) is 23.7. The van der Waals surface area contributed by atoms with Crippen LogP contribution in [0.4, 0.5) is 0 Å². The number of halogens is 2. The fourth-order valence-corrected chi connectivity index (χ4v) is 7.17. The van der Waals surface area contributed by atoms with Crippen LogP contribution in [-0.4, -0.2) is 28.3 Å². The molecule has 3 aromatic rings. The number of fused-ring (bicyclic) bond motifs is 2. The van der Waals surface area contributed by atoms with E-state index in [9.17, 15) is 4.79 Å². The Bertz CT molecular complexity index is 1340. The van der Waals surface area contributed by atoms with Crippen LogP contribution in [0, 0.1) is 23.7 Å². The maximum absolute atomic E-state index is 14.0. The molecule has 2 aliphatic rings. The smallest absolute Gasteiger partial charge is 0.272 e. The Hall–Kier alpha value is -2.34. The van der Waals surface area contributed by atoms with Crippen LogP contribution in [0.2, 0.25) is 10.0 Å². The van der Waals surface area contributed by atoms with Gasteiger partial charge in [-0.1, -0.05) is 68.2 Å². The van der Waals surface area contributed by atoms with E-state index in [4.69, 9.17) is 33.0 Å².